The van der Waals surface area contributed by atoms with Crippen LogP contribution in [0.1, 0.15) is 23.2 Å². The molecule has 0 saturated heterocycles. The maximum absolute atomic E-state index is 11.8. The summed E-state index contributed by atoms with van der Waals surface area (Å²) in [6.07, 6.45) is 9.62. The van der Waals surface area contributed by atoms with Gasteiger partial charge in [-0.25, -0.2) is 0 Å². The Balaban J connectivity index is 2.91. The first kappa shape index (κ1) is 20.6. The molecule has 0 unspecified atom stereocenters. The Labute approximate surface area is 159 Å². The Morgan fingerprint density at radius 1 is 0.880 bits per heavy atom. The van der Waals surface area contributed by atoms with Crippen molar-refractivity contribution in [2.75, 3.05) is 0 Å². The van der Waals surface area contributed by atoms with Crippen molar-refractivity contribution in [3.05, 3.63) is 73.4 Å². The molecule has 0 aliphatic rings. The monoisotopic (exact) mass is 452 g/mol. The van der Waals surface area contributed by atoms with E-state index in [1.165, 1.54) is 18.2 Å². The summed E-state index contributed by atoms with van der Waals surface area (Å²) < 4.78 is 10.1. The molecule has 0 aliphatic carbocycles. The zero-order valence-electron chi connectivity index (χ0n) is 13.4. The van der Waals surface area contributed by atoms with Crippen molar-refractivity contribution in [1.82, 2.24) is 0 Å². The summed E-state index contributed by atoms with van der Waals surface area (Å²) in [5.74, 6) is -0.766. The van der Waals surface area contributed by atoms with E-state index in [0.717, 1.165) is 0 Å². The van der Waals surface area contributed by atoms with Gasteiger partial charge in [-0.05, 0) is 12.1 Å². The number of hydrogen-bond acceptors (Lipinski definition) is 5. The number of carbonyl (C=O) groups is 3. The molecule has 130 valence electrons. The predicted molar refractivity (Wildman–Crippen MR) is 104 cm³/mol. The van der Waals surface area contributed by atoms with Crippen LogP contribution < -0.4 is 9.47 Å². The average molecular weight is 452 g/mol. The van der Waals surface area contributed by atoms with Gasteiger partial charge in [-0.15, -0.1) is 0 Å². The van der Waals surface area contributed by atoms with E-state index in [4.69, 9.17) is 9.47 Å². The second-order valence-corrected chi connectivity index (χ2v) is 5.63. The van der Waals surface area contributed by atoms with Crippen molar-refractivity contribution < 1.29 is 23.9 Å². The highest BCUT2D eigenvalue weighted by molar-refractivity contribution is 14.1. The molecule has 0 spiro atoms. The molecule has 0 radical (unpaired) electrons. The first-order chi connectivity index (χ1) is 12.0. The molecule has 0 aliphatic heterocycles. The van der Waals surface area contributed by atoms with Crippen molar-refractivity contribution in [3.63, 3.8) is 0 Å². The summed E-state index contributed by atoms with van der Waals surface area (Å²) in [6, 6.07) is 4.21. The molecular formula is C19H17IO5. The first-order valence-electron chi connectivity index (χ1n) is 7.27. The minimum Gasteiger partial charge on any atom is -0.426 e. The maximum atomic E-state index is 11.8. The lowest BCUT2D eigenvalue weighted by atomic mass is 10.2. The molecule has 0 amide bonds. The maximum Gasteiger partial charge on any atom is 0.315 e. The number of halogens is 1. The number of hydrogen-bond donors (Lipinski definition) is 0. The van der Waals surface area contributed by atoms with Gasteiger partial charge in [-0.2, -0.15) is 0 Å². The predicted octanol–water partition coefficient (Wildman–Crippen LogP) is 4.34. The summed E-state index contributed by atoms with van der Waals surface area (Å²) in [7, 11) is 0. The number of esters is 2. The van der Waals surface area contributed by atoms with E-state index in [1.54, 1.807) is 59.0 Å². The quantitative estimate of drug-likeness (QED) is 0.183. The third-order valence-corrected chi connectivity index (χ3v) is 3.31. The van der Waals surface area contributed by atoms with Crippen LogP contribution in [-0.2, 0) is 9.59 Å². The summed E-state index contributed by atoms with van der Waals surface area (Å²) in [4.78, 5) is 35.1. The molecular weight excluding hydrogens is 435 g/mol. The third-order valence-electron chi connectivity index (χ3n) is 2.68. The first-order valence-corrected chi connectivity index (χ1v) is 8.35. The molecule has 0 atom stereocenters. The van der Waals surface area contributed by atoms with Crippen LogP contribution in [0.2, 0.25) is 0 Å². The van der Waals surface area contributed by atoms with Gasteiger partial charge in [0.15, 0.2) is 0 Å². The van der Waals surface area contributed by atoms with Crippen LogP contribution in [0, 0.1) is 0 Å². The van der Waals surface area contributed by atoms with Crippen LogP contribution in [-0.4, -0.2) is 15.7 Å². The van der Waals surface area contributed by atoms with Crippen molar-refractivity contribution >= 4 is 38.3 Å². The lowest BCUT2D eigenvalue weighted by Crippen LogP contribution is -2.09. The van der Waals surface area contributed by atoms with Gasteiger partial charge in [0.05, 0.1) is 12.8 Å². The zero-order chi connectivity index (χ0) is 18.7. The Morgan fingerprint density at radius 2 is 1.32 bits per heavy atom. The lowest BCUT2D eigenvalue weighted by Gasteiger charge is -2.08. The number of benzene rings is 1. The summed E-state index contributed by atoms with van der Waals surface area (Å²) in [6.45, 7) is 7.00. The number of allylic oxidation sites excluding steroid dienone is 4. The van der Waals surface area contributed by atoms with E-state index in [1.807, 2.05) is 0 Å². The Hall–Kier alpha value is -2.48. The zero-order valence-corrected chi connectivity index (χ0v) is 15.6. The Bertz CT molecular complexity index is 679. The van der Waals surface area contributed by atoms with Crippen molar-refractivity contribution in [2.24, 2.45) is 0 Å². The summed E-state index contributed by atoms with van der Waals surface area (Å²) in [5, 5.41) is 0. The molecule has 0 bridgehead atoms. The molecule has 0 saturated carbocycles. The van der Waals surface area contributed by atoms with Crippen molar-refractivity contribution in [2.45, 2.75) is 12.8 Å². The highest BCUT2D eigenvalue weighted by atomic mass is 127. The number of carbonyl (C=O) groups excluding carboxylic acids is 3. The highest BCUT2D eigenvalue weighted by Gasteiger charge is 2.12. The second kappa shape index (κ2) is 11.1. The van der Waals surface area contributed by atoms with E-state index in [-0.39, 0.29) is 33.7 Å². The van der Waals surface area contributed by atoms with Gasteiger partial charge in [-0.3, -0.25) is 14.4 Å². The Kier molecular flexibility index (Phi) is 9.16. The fourth-order valence-electron chi connectivity index (χ4n) is 1.67. The molecule has 0 aromatic heterocycles. The van der Waals surface area contributed by atoms with Crippen molar-refractivity contribution in [3.8, 4) is 11.5 Å². The topological polar surface area (TPSA) is 69.7 Å². The van der Waals surface area contributed by atoms with Gasteiger partial charge in [0.25, 0.3) is 0 Å². The number of rotatable bonds is 9. The minimum absolute atomic E-state index is 0.0515. The minimum atomic E-state index is -0.512. The fourth-order valence-corrected chi connectivity index (χ4v) is 1.98. The Morgan fingerprint density at radius 3 is 1.68 bits per heavy atom. The molecule has 1 aromatic carbocycles. The van der Waals surface area contributed by atoms with E-state index < -0.39 is 11.9 Å². The van der Waals surface area contributed by atoms with E-state index in [0.29, 0.717) is 0 Å². The van der Waals surface area contributed by atoms with Crippen LogP contribution >= 0.6 is 22.6 Å². The largest absolute Gasteiger partial charge is 0.426 e. The van der Waals surface area contributed by atoms with E-state index in [2.05, 4.69) is 13.2 Å². The normalized spacial score (nSPS) is 10.6. The molecule has 0 fully saturated rings. The van der Waals surface area contributed by atoms with Crippen LogP contribution in [0.3, 0.4) is 0 Å². The summed E-state index contributed by atoms with van der Waals surface area (Å²) >= 11 is 1.60. The lowest BCUT2D eigenvalue weighted by molar-refractivity contribution is -0.133. The van der Waals surface area contributed by atoms with Gasteiger partial charge in [0.1, 0.15) is 11.5 Å². The van der Waals surface area contributed by atoms with E-state index in [9.17, 15) is 14.4 Å². The van der Waals surface area contributed by atoms with Crippen LogP contribution in [0.5, 0.6) is 11.5 Å². The van der Waals surface area contributed by atoms with E-state index >= 15 is 0 Å². The average Bonchev–Trinajstić information content (AvgIpc) is 2.55. The fraction of sp³-hybridized carbons (Fsp3) is 0.105. The molecule has 6 heteroatoms. The molecule has 5 nitrogen and oxygen atoms in total. The van der Waals surface area contributed by atoms with Gasteiger partial charge in [0, 0.05) is 34.2 Å². The molecule has 1 rings (SSSR count). The molecule has 1 aromatic rings. The second-order valence-electron chi connectivity index (χ2n) is 4.65. The highest BCUT2D eigenvalue weighted by Crippen LogP contribution is 2.25. The molecule has 25 heavy (non-hydrogen) atoms. The van der Waals surface area contributed by atoms with Crippen LogP contribution in [0.25, 0.3) is 0 Å². The van der Waals surface area contributed by atoms with Crippen molar-refractivity contribution in [1.29, 1.82) is 0 Å². The summed E-state index contributed by atoms with van der Waals surface area (Å²) in [5.41, 5.74) is 0.261. The SMILES string of the molecule is C=C/C=C/CC(=O)Oc1cc(OC(=O)C/C=C/C=C)cc(C(=O)I)c1. The van der Waals surface area contributed by atoms with Crippen LogP contribution in [0.15, 0.2) is 67.8 Å². The molecule has 0 N–H and O–H groups in total. The van der Waals surface area contributed by atoms with Gasteiger partial charge < -0.3 is 9.47 Å². The third kappa shape index (κ3) is 8.25. The smallest absolute Gasteiger partial charge is 0.315 e. The number of ether oxygens (including phenoxy) is 2. The molecule has 0 heterocycles. The van der Waals surface area contributed by atoms with Gasteiger partial charge in [-0.1, -0.05) is 49.6 Å². The van der Waals surface area contributed by atoms with Gasteiger partial charge >= 0.3 is 11.9 Å². The standard InChI is InChI=1S/C19H17IO5/c1-3-5-7-9-17(21)24-15-11-14(19(20)23)12-16(13-15)25-18(22)10-8-6-4-2/h3-8,11-13H,1-2,9-10H2/b7-5+,8-6+. The van der Waals surface area contributed by atoms with Gasteiger partial charge in [0.2, 0.25) is 3.79 Å². The van der Waals surface area contributed by atoms with Crippen LogP contribution in [0.4, 0.5) is 0 Å².